The summed E-state index contributed by atoms with van der Waals surface area (Å²) in [7, 11) is 0. The van der Waals surface area contributed by atoms with Crippen LogP contribution in [0.3, 0.4) is 0 Å². The van der Waals surface area contributed by atoms with Crippen LogP contribution < -0.4 is 5.84 Å². The Kier molecular flexibility index (Phi) is 6.23. The molecular formula is C8H11N3O4. The molecule has 0 atom stereocenters. The van der Waals surface area contributed by atoms with E-state index in [1.165, 1.54) is 5.01 Å². The highest BCUT2D eigenvalue weighted by Crippen LogP contribution is 1.84. The van der Waals surface area contributed by atoms with E-state index in [2.05, 4.69) is 4.99 Å². The highest BCUT2D eigenvalue weighted by Gasteiger charge is 1.88. The quantitative estimate of drug-likeness (QED) is 0.417. The van der Waals surface area contributed by atoms with Crippen molar-refractivity contribution in [2.75, 3.05) is 6.67 Å². The van der Waals surface area contributed by atoms with Gasteiger partial charge in [0.1, 0.15) is 6.67 Å². The summed E-state index contributed by atoms with van der Waals surface area (Å²) in [5, 5.41) is 17.1. The number of carbonyl (C=O) groups is 2. The number of nitrogens with two attached hydrogens (primary N) is 1. The second-order valence-electron chi connectivity index (χ2n) is 2.34. The summed E-state index contributed by atoms with van der Waals surface area (Å²) >= 11 is 0. The molecule has 0 radical (unpaired) electrons. The monoisotopic (exact) mass is 213 g/mol. The van der Waals surface area contributed by atoms with Crippen molar-refractivity contribution in [3.05, 3.63) is 24.4 Å². The van der Waals surface area contributed by atoms with E-state index in [0.29, 0.717) is 18.8 Å². The average Bonchev–Trinajstić information content (AvgIpc) is 2.17. The lowest BCUT2D eigenvalue weighted by atomic mass is 10.5. The number of hydrogen-bond acceptors (Lipinski definition) is 5. The van der Waals surface area contributed by atoms with Gasteiger partial charge in [0, 0.05) is 24.6 Å². The molecule has 7 nitrogen and oxygen atoms in total. The van der Waals surface area contributed by atoms with Crippen molar-refractivity contribution in [2.45, 2.75) is 0 Å². The van der Waals surface area contributed by atoms with Crippen molar-refractivity contribution in [2.24, 2.45) is 10.8 Å². The number of carboxylic acids is 2. The van der Waals surface area contributed by atoms with Gasteiger partial charge in [-0.1, -0.05) is 0 Å². The first-order chi connectivity index (χ1) is 7.02. The normalized spacial score (nSPS) is 13.5. The van der Waals surface area contributed by atoms with Crippen molar-refractivity contribution < 1.29 is 19.8 Å². The molecule has 15 heavy (non-hydrogen) atoms. The van der Waals surface area contributed by atoms with Crippen LogP contribution in [0.2, 0.25) is 0 Å². The number of aliphatic carboxylic acids is 2. The van der Waals surface area contributed by atoms with Gasteiger partial charge in [0.15, 0.2) is 0 Å². The molecule has 0 aromatic carbocycles. The number of hydrogen-bond donors (Lipinski definition) is 3. The van der Waals surface area contributed by atoms with Gasteiger partial charge in [-0.3, -0.25) is 10.0 Å². The highest BCUT2D eigenvalue weighted by molar-refractivity contribution is 5.89. The molecule has 1 rings (SSSR count). The topological polar surface area (TPSA) is 116 Å². The van der Waals surface area contributed by atoms with Crippen LogP contribution in [0.4, 0.5) is 0 Å². The molecule has 0 unspecified atom stereocenters. The summed E-state index contributed by atoms with van der Waals surface area (Å²) in [6.07, 6.45) is 6.41. The first-order valence-corrected chi connectivity index (χ1v) is 3.84. The number of rotatable bonds is 2. The molecule has 1 aliphatic heterocycles. The number of carboxylic acid groups (broad SMARTS) is 2. The summed E-state index contributed by atoms with van der Waals surface area (Å²) in [4.78, 5) is 23.0. The van der Waals surface area contributed by atoms with Crippen LogP contribution in [0.15, 0.2) is 29.4 Å². The van der Waals surface area contributed by atoms with Crippen molar-refractivity contribution in [1.82, 2.24) is 5.01 Å². The maximum atomic E-state index is 9.55. The van der Waals surface area contributed by atoms with E-state index in [4.69, 9.17) is 16.1 Å². The second-order valence-corrected chi connectivity index (χ2v) is 2.34. The van der Waals surface area contributed by atoms with Crippen molar-refractivity contribution in [1.29, 1.82) is 0 Å². The predicted molar refractivity (Wildman–Crippen MR) is 52.9 cm³/mol. The fraction of sp³-hybridized carbons (Fsp3) is 0.125. The van der Waals surface area contributed by atoms with Gasteiger partial charge in [0.25, 0.3) is 0 Å². The molecule has 4 N–H and O–H groups in total. The molecule has 0 saturated carbocycles. The molecule has 0 saturated heterocycles. The SMILES string of the molecule is NN1C=CC=NC1.O=C(O)/C=C/C(=O)O. The molecule has 1 heterocycles. The average molecular weight is 213 g/mol. The molecule has 7 heteroatoms. The van der Waals surface area contributed by atoms with Crippen LogP contribution in [-0.2, 0) is 9.59 Å². The van der Waals surface area contributed by atoms with Crippen LogP contribution in [0.5, 0.6) is 0 Å². The lowest BCUT2D eigenvalue weighted by Gasteiger charge is -2.10. The first-order valence-electron chi connectivity index (χ1n) is 3.84. The molecule has 0 bridgehead atoms. The molecule has 0 aliphatic carbocycles. The minimum absolute atomic E-state index is 0.558. The van der Waals surface area contributed by atoms with Gasteiger partial charge in [0.2, 0.25) is 0 Å². The summed E-state index contributed by atoms with van der Waals surface area (Å²) in [5.41, 5.74) is 0. The van der Waals surface area contributed by atoms with E-state index in [0.717, 1.165) is 0 Å². The minimum atomic E-state index is -1.26. The lowest BCUT2D eigenvalue weighted by molar-refractivity contribution is -0.134. The number of allylic oxidation sites excluding steroid dienone is 1. The van der Waals surface area contributed by atoms with Gasteiger partial charge in [-0.15, -0.1) is 0 Å². The van der Waals surface area contributed by atoms with Crippen LogP contribution in [-0.4, -0.2) is 40.0 Å². The Labute approximate surface area is 85.8 Å². The Balaban J connectivity index is 0.000000262. The standard InChI is InChI=1S/C4H7N3.C4H4O4/c5-7-3-1-2-6-4-7;5-3(6)1-2-4(7)8/h1-3H,4-5H2;1-2H,(H,5,6)(H,7,8)/b;2-1+. The second kappa shape index (κ2) is 7.27. The van der Waals surface area contributed by atoms with E-state index in [-0.39, 0.29) is 0 Å². The van der Waals surface area contributed by atoms with E-state index in [9.17, 15) is 9.59 Å². The third-order valence-electron chi connectivity index (χ3n) is 1.08. The summed E-state index contributed by atoms with van der Waals surface area (Å²) in [5.74, 6) is 2.75. The molecule has 1 aliphatic rings. The van der Waals surface area contributed by atoms with Gasteiger partial charge in [-0.05, 0) is 6.08 Å². The van der Waals surface area contributed by atoms with Crippen molar-refractivity contribution in [3.8, 4) is 0 Å². The maximum Gasteiger partial charge on any atom is 0.328 e. The van der Waals surface area contributed by atoms with Gasteiger partial charge < -0.3 is 10.2 Å². The van der Waals surface area contributed by atoms with Gasteiger partial charge in [-0.25, -0.2) is 15.4 Å². The van der Waals surface area contributed by atoms with Crippen molar-refractivity contribution >= 4 is 18.2 Å². The lowest BCUT2D eigenvalue weighted by Crippen LogP contribution is -2.26. The molecule has 82 valence electrons. The molecule has 0 spiro atoms. The summed E-state index contributed by atoms with van der Waals surface area (Å²) in [6, 6.07) is 0. The Morgan fingerprint density at radius 3 is 2.07 bits per heavy atom. The Morgan fingerprint density at radius 2 is 1.87 bits per heavy atom. The fourth-order valence-corrected chi connectivity index (χ4v) is 0.541. The number of hydrazine groups is 1. The number of nitrogens with zero attached hydrogens (tertiary/aromatic N) is 2. The Bertz CT molecular complexity index is 293. The van der Waals surface area contributed by atoms with E-state index >= 15 is 0 Å². The molecular weight excluding hydrogens is 202 g/mol. The number of aliphatic imine (C=N–C) groups is 1. The summed E-state index contributed by atoms with van der Waals surface area (Å²) in [6.45, 7) is 0.580. The maximum absolute atomic E-state index is 9.55. The van der Waals surface area contributed by atoms with Gasteiger partial charge in [0.05, 0.1) is 0 Å². The molecule has 0 fully saturated rings. The van der Waals surface area contributed by atoms with Crippen LogP contribution in [0.25, 0.3) is 0 Å². The zero-order valence-corrected chi connectivity index (χ0v) is 7.78. The third-order valence-corrected chi connectivity index (χ3v) is 1.08. The van der Waals surface area contributed by atoms with Crippen LogP contribution in [0.1, 0.15) is 0 Å². The Hall–Kier alpha value is -2.15. The van der Waals surface area contributed by atoms with Crippen LogP contribution in [0, 0.1) is 0 Å². The predicted octanol–water partition coefficient (Wildman–Crippen LogP) is -0.571. The summed E-state index contributed by atoms with van der Waals surface area (Å²) < 4.78 is 0. The van der Waals surface area contributed by atoms with Crippen molar-refractivity contribution in [3.63, 3.8) is 0 Å². The van der Waals surface area contributed by atoms with E-state index in [1.54, 1.807) is 18.5 Å². The zero-order chi connectivity index (χ0) is 11.7. The molecule has 0 aromatic heterocycles. The van der Waals surface area contributed by atoms with Gasteiger partial charge >= 0.3 is 11.9 Å². The minimum Gasteiger partial charge on any atom is -0.478 e. The third kappa shape index (κ3) is 9.77. The van der Waals surface area contributed by atoms with E-state index in [1.807, 2.05) is 0 Å². The first kappa shape index (κ1) is 12.8. The smallest absolute Gasteiger partial charge is 0.328 e. The zero-order valence-electron chi connectivity index (χ0n) is 7.78. The largest absolute Gasteiger partial charge is 0.478 e. The fourth-order valence-electron chi connectivity index (χ4n) is 0.541. The van der Waals surface area contributed by atoms with Gasteiger partial charge in [-0.2, -0.15) is 0 Å². The highest BCUT2D eigenvalue weighted by atomic mass is 16.4. The van der Waals surface area contributed by atoms with Crippen LogP contribution >= 0.6 is 0 Å². The molecule has 0 amide bonds. The molecule has 0 aromatic rings. The van der Waals surface area contributed by atoms with E-state index < -0.39 is 11.9 Å². The Morgan fingerprint density at radius 1 is 1.33 bits per heavy atom.